The summed E-state index contributed by atoms with van der Waals surface area (Å²) >= 11 is 0. The maximum atomic E-state index is 12.4. The largest absolute Gasteiger partial charge is 0.484 e. The van der Waals surface area contributed by atoms with E-state index >= 15 is 0 Å². The summed E-state index contributed by atoms with van der Waals surface area (Å²) < 4.78 is 42.4. The van der Waals surface area contributed by atoms with Gasteiger partial charge in [-0.15, -0.1) is 12.4 Å². The van der Waals surface area contributed by atoms with Crippen molar-refractivity contribution in [3.8, 4) is 5.75 Å². The number of nitrogens with two attached hydrogens (primary N) is 1. The standard InChI is InChI=1S/C15H19F3N2O2.ClH/c16-15(17,18)10-1-7-13(8-2-10)22-9-14(21)20-12-5-3-11(19)4-6-12;/h1-2,7-8,11-12H,3-6,9,19H2,(H,20,21);1H. The molecule has 0 radical (unpaired) electrons. The highest BCUT2D eigenvalue weighted by atomic mass is 35.5. The van der Waals surface area contributed by atoms with Gasteiger partial charge < -0.3 is 15.8 Å². The third kappa shape index (κ3) is 6.27. The van der Waals surface area contributed by atoms with Gasteiger partial charge >= 0.3 is 6.18 Å². The maximum Gasteiger partial charge on any atom is 0.416 e. The van der Waals surface area contributed by atoms with Gasteiger partial charge in [0.25, 0.3) is 5.91 Å². The number of ether oxygens (including phenoxy) is 1. The fourth-order valence-electron chi connectivity index (χ4n) is 2.42. The van der Waals surface area contributed by atoms with E-state index in [1.165, 1.54) is 12.1 Å². The lowest BCUT2D eigenvalue weighted by Gasteiger charge is -2.26. The van der Waals surface area contributed by atoms with Crippen molar-refractivity contribution in [2.24, 2.45) is 5.73 Å². The van der Waals surface area contributed by atoms with Crippen molar-refractivity contribution in [1.29, 1.82) is 0 Å². The van der Waals surface area contributed by atoms with Gasteiger partial charge in [-0.05, 0) is 49.9 Å². The molecule has 23 heavy (non-hydrogen) atoms. The number of alkyl halides is 3. The Bertz CT molecular complexity index is 500. The van der Waals surface area contributed by atoms with Crippen LogP contribution in [0.3, 0.4) is 0 Å². The van der Waals surface area contributed by atoms with Gasteiger partial charge in [-0.1, -0.05) is 0 Å². The Kier molecular flexibility index (Phi) is 7.15. The fourth-order valence-corrected chi connectivity index (χ4v) is 2.42. The molecule has 0 unspecified atom stereocenters. The Morgan fingerprint density at radius 1 is 1.17 bits per heavy atom. The van der Waals surface area contributed by atoms with Gasteiger partial charge in [-0.25, -0.2) is 0 Å². The van der Waals surface area contributed by atoms with Gasteiger partial charge in [0, 0.05) is 12.1 Å². The Balaban J connectivity index is 0.00000264. The lowest BCUT2D eigenvalue weighted by Crippen LogP contribution is -2.42. The Hall–Kier alpha value is -1.47. The summed E-state index contributed by atoms with van der Waals surface area (Å²) in [6, 6.07) is 4.57. The Morgan fingerprint density at radius 2 is 1.74 bits per heavy atom. The van der Waals surface area contributed by atoms with E-state index in [0.29, 0.717) is 0 Å². The Labute approximate surface area is 139 Å². The topological polar surface area (TPSA) is 64.3 Å². The van der Waals surface area contributed by atoms with Gasteiger partial charge in [0.05, 0.1) is 5.56 Å². The molecule has 4 nitrogen and oxygen atoms in total. The molecule has 1 amide bonds. The summed E-state index contributed by atoms with van der Waals surface area (Å²) in [6.45, 7) is -0.214. The SMILES string of the molecule is Cl.NC1CCC(NC(=O)COc2ccc(C(F)(F)F)cc2)CC1. The second-order valence-electron chi connectivity index (χ2n) is 5.49. The second-order valence-corrected chi connectivity index (χ2v) is 5.49. The summed E-state index contributed by atoms with van der Waals surface area (Å²) in [6.07, 6.45) is -0.937. The maximum absolute atomic E-state index is 12.4. The van der Waals surface area contributed by atoms with Crippen molar-refractivity contribution in [1.82, 2.24) is 5.32 Å². The minimum Gasteiger partial charge on any atom is -0.484 e. The third-order valence-corrected chi connectivity index (χ3v) is 3.69. The number of benzene rings is 1. The van der Waals surface area contributed by atoms with Gasteiger partial charge in [0.15, 0.2) is 6.61 Å². The smallest absolute Gasteiger partial charge is 0.416 e. The highest BCUT2D eigenvalue weighted by Gasteiger charge is 2.30. The summed E-state index contributed by atoms with van der Waals surface area (Å²) in [7, 11) is 0. The fraction of sp³-hybridized carbons (Fsp3) is 0.533. The molecule has 0 bridgehead atoms. The van der Waals surface area contributed by atoms with E-state index in [1.807, 2.05) is 0 Å². The second kappa shape index (κ2) is 8.40. The molecule has 2 rings (SSSR count). The predicted molar refractivity (Wildman–Crippen MR) is 82.6 cm³/mol. The van der Waals surface area contributed by atoms with Crippen LogP contribution in [0, 0.1) is 0 Å². The number of hydrogen-bond acceptors (Lipinski definition) is 3. The molecule has 0 atom stereocenters. The molecular weight excluding hydrogens is 333 g/mol. The lowest BCUT2D eigenvalue weighted by molar-refractivity contribution is -0.137. The molecule has 1 fully saturated rings. The van der Waals surface area contributed by atoms with E-state index < -0.39 is 11.7 Å². The number of halogens is 4. The molecule has 0 heterocycles. The van der Waals surface area contributed by atoms with Crippen molar-refractivity contribution in [2.75, 3.05) is 6.61 Å². The van der Waals surface area contributed by atoms with Crippen molar-refractivity contribution in [3.63, 3.8) is 0 Å². The van der Waals surface area contributed by atoms with E-state index in [2.05, 4.69) is 5.32 Å². The van der Waals surface area contributed by atoms with Gasteiger partial charge in [-0.3, -0.25) is 4.79 Å². The monoisotopic (exact) mass is 352 g/mol. The number of hydrogen-bond donors (Lipinski definition) is 2. The van der Waals surface area contributed by atoms with Crippen LogP contribution in [-0.2, 0) is 11.0 Å². The molecule has 0 aliphatic heterocycles. The van der Waals surface area contributed by atoms with Crippen LogP contribution in [-0.4, -0.2) is 24.6 Å². The molecule has 1 aromatic rings. The summed E-state index contributed by atoms with van der Waals surface area (Å²) in [5, 5.41) is 2.85. The number of carbonyl (C=O) groups excluding carboxylic acids is 1. The van der Waals surface area contributed by atoms with Gasteiger partial charge in [0.1, 0.15) is 5.75 Å². The minimum atomic E-state index is -4.38. The van der Waals surface area contributed by atoms with Crippen LogP contribution in [0.15, 0.2) is 24.3 Å². The van der Waals surface area contributed by atoms with Crippen LogP contribution in [0.1, 0.15) is 31.2 Å². The van der Waals surface area contributed by atoms with Gasteiger partial charge in [0.2, 0.25) is 0 Å². The number of rotatable bonds is 4. The van der Waals surface area contributed by atoms with Crippen LogP contribution in [0.4, 0.5) is 13.2 Å². The van der Waals surface area contributed by atoms with Crippen LogP contribution < -0.4 is 15.8 Å². The number of amides is 1. The predicted octanol–water partition coefficient (Wildman–Crippen LogP) is 2.89. The third-order valence-electron chi connectivity index (χ3n) is 3.69. The van der Waals surface area contributed by atoms with Crippen LogP contribution in [0.25, 0.3) is 0 Å². The zero-order chi connectivity index (χ0) is 16.2. The molecule has 1 aromatic carbocycles. The molecule has 1 aliphatic rings. The van der Waals surface area contributed by atoms with Crippen LogP contribution >= 0.6 is 12.4 Å². The molecule has 0 spiro atoms. The summed E-state index contributed by atoms with van der Waals surface area (Å²) in [5.74, 6) is -0.0471. The van der Waals surface area contributed by atoms with E-state index in [9.17, 15) is 18.0 Å². The zero-order valence-corrected chi connectivity index (χ0v) is 13.3. The number of nitrogens with one attached hydrogen (secondary N) is 1. The first-order valence-corrected chi connectivity index (χ1v) is 7.19. The lowest BCUT2D eigenvalue weighted by atomic mass is 9.92. The molecule has 130 valence electrons. The quantitative estimate of drug-likeness (QED) is 0.875. The molecular formula is C15H20ClF3N2O2. The molecule has 1 aliphatic carbocycles. The Morgan fingerprint density at radius 3 is 2.26 bits per heavy atom. The van der Waals surface area contributed by atoms with E-state index in [-0.39, 0.29) is 42.8 Å². The van der Waals surface area contributed by atoms with E-state index in [4.69, 9.17) is 10.5 Å². The van der Waals surface area contributed by atoms with Crippen molar-refractivity contribution in [2.45, 2.75) is 43.9 Å². The van der Waals surface area contributed by atoms with Crippen LogP contribution in [0.5, 0.6) is 5.75 Å². The average molecular weight is 353 g/mol. The zero-order valence-electron chi connectivity index (χ0n) is 12.4. The number of carbonyl (C=O) groups is 1. The van der Waals surface area contributed by atoms with Gasteiger partial charge in [-0.2, -0.15) is 13.2 Å². The van der Waals surface area contributed by atoms with Crippen molar-refractivity contribution < 1.29 is 22.7 Å². The first-order chi connectivity index (χ1) is 10.3. The van der Waals surface area contributed by atoms with Crippen LogP contribution in [0.2, 0.25) is 0 Å². The minimum absolute atomic E-state index is 0. The van der Waals surface area contributed by atoms with E-state index in [1.54, 1.807) is 0 Å². The molecule has 8 heteroatoms. The summed E-state index contributed by atoms with van der Waals surface area (Å²) in [4.78, 5) is 11.7. The normalized spacial score (nSPS) is 21.2. The van der Waals surface area contributed by atoms with Crippen molar-refractivity contribution in [3.05, 3.63) is 29.8 Å². The molecule has 3 N–H and O–H groups in total. The average Bonchev–Trinajstić information content (AvgIpc) is 2.47. The first kappa shape index (κ1) is 19.6. The molecule has 1 saturated carbocycles. The summed E-state index contributed by atoms with van der Waals surface area (Å²) in [5.41, 5.74) is 5.04. The highest BCUT2D eigenvalue weighted by molar-refractivity contribution is 5.85. The molecule has 0 saturated heterocycles. The van der Waals surface area contributed by atoms with E-state index in [0.717, 1.165) is 37.8 Å². The molecule has 0 aromatic heterocycles. The highest BCUT2D eigenvalue weighted by Crippen LogP contribution is 2.30. The van der Waals surface area contributed by atoms with Crippen molar-refractivity contribution >= 4 is 18.3 Å². The first-order valence-electron chi connectivity index (χ1n) is 7.19.